The average molecular weight is 207 g/mol. The van der Waals surface area contributed by atoms with E-state index in [1.807, 2.05) is 6.92 Å². The van der Waals surface area contributed by atoms with Gasteiger partial charge >= 0.3 is 5.69 Å². The molecule has 1 aliphatic carbocycles. The van der Waals surface area contributed by atoms with Crippen LogP contribution >= 0.6 is 0 Å². The molecule has 4 heteroatoms. The van der Waals surface area contributed by atoms with Gasteiger partial charge in [-0.15, -0.1) is 0 Å². The highest BCUT2D eigenvalue weighted by Crippen LogP contribution is 2.33. The Kier molecular flexibility index (Phi) is 2.86. The summed E-state index contributed by atoms with van der Waals surface area (Å²) in [5.41, 5.74) is 8.59. The Morgan fingerprint density at radius 2 is 2.40 bits per heavy atom. The van der Waals surface area contributed by atoms with Gasteiger partial charge in [-0.1, -0.05) is 0 Å². The lowest BCUT2D eigenvalue weighted by Gasteiger charge is -2.25. The molecule has 0 aromatic carbocycles. The van der Waals surface area contributed by atoms with Crippen LogP contribution in [-0.2, 0) is 6.42 Å². The van der Waals surface area contributed by atoms with Crippen molar-refractivity contribution in [1.29, 1.82) is 0 Å². The molecular formula is C11H17N3O. The molecule has 0 spiro atoms. The third kappa shape index (κ3) is 1.95. The topological polar surface area (TPSA) is 71.8 Å². The van der Waals surface area contributed by atoms with Gasteiger partial charge in [0.2, 0.25) is 0 Å². The lowest BCUT2D eigenvalue weighted by molar-refractivity contribution is 0.510. The van der Waals surface area contributed by atoms with E-state index in [4.69, 9.17) is 5.73 Å². The van der Waals surface area contributed by atoms with Gasteiger partial charge in [0.05, 0.1) is 5.69 Å². The third-order valence-corrected chi connectivity index (χ3v) is 3.14. The zero-order valence-electron chi connectivity index (χ0n) is 9.05. The van der Waals surface area contributed by atoms with Gasteiger partial charge in [0.15, 0.2) is 0 Å². The molecule has 1 aliphatic rings. The van der Waals surface area contributed by atoms with E-state index in [0.29, 0.717) is 12.5 Å². The van der Waals surface area contributed by atoms with E-state index in [1.54, 1.807) is 0 Å². The molecule has 1 aromatic rings. The van der Waals surface area contributed by atoms with E-state index in [0.717, 1.165) is 30.7 Å². The molecular weight excluding hydrogens is 190 g/mol. The molecule has 1 atom stereocenters. The van der Waals surface area contributed by atoms with Crippen LogP contribution in [0.15, 0.2) is 4.79 Å². The summed E-state index contributed by atoms with van der Waals surface area (Å²) >= 11 is 0. The second-order valence-electron chi connectivity index (χ2n) is 4.19. The molecule has 0 amide bonds. The third-order valence-electron chi connectivity index (χ3n) is 3.14. The molecule has 82 valence electrons. The van der Waals surface area contributed by atoms with Gasteiger partial charge in [-0.2, -0.15) is 4.98 Å². The molecule has 4 nitrogen and oxygen atoms in total. The smallest absolute Gasteiger partial charge is 0.330 e. The Bertz CT molecular complexity index is 411. The second-order valence-corrected chi connectivity index (χ2v) is 4.19. The van der Waals surface area contributed by atoms with Crippen molar-refractivity contribution < 1.29 is 0 Å². The molecule has 0 radical (unpaired) electrons. The predicted molar refractivity (Wildman–Crippen MR) is 58.9 cm³/mol. The Labute approximate surface area is 88.9 Å². The number of nitrogens with one attached hydrogen (secondary N) is 1. The van der Waals surface area contributed by atoms with Crippen LogP contribution in [0.1, 0.15) is 42.1 Å². The Hall–Kier alpha value is -1.16. The van der Waals surface area contributed by atoms with Crippen LogP contribution in [0.25, 0.3) is 0 Å². The van der Waals surface area contributed by atoms with Crippen LogP contribution in [0.2, 0.25) is 0 Å². The highest BCUT2D eigenvalue weighted by Gasteiger charge is 2.23. The first-order valence-electron chi connectivity index (χ1n) is 5.52. The monoisotopic (exact) mass is 207 g/mol. The van der Waals surface area contributed by atoms with Crippen molar-refractivity contribution in [2.24, 2.45) is 5.73 Å². The van der Waals surface area contributed by atoms with Crippen LogP contribution < -0.4 is 11.4 Å². The number of aryl methyl sites for hydroxylation is 2. The van der Waals surface area contributed by atoms with Gasteiger partial charge in [-0.3, -0.25) is 0 Å². The van der Waals surface area contributed by atoms with Crippen molar-refractivity contribution >= 4 is 0 Å². The van der Waals surface area contributed by atoms with E-state index >= 15 is 0 Å². The summed E-state index contributed by atoms with van der Waals surface area (Å²) in [7, 11) is 0. The number of hydrogen-bond donors (Lipinski definition) is 2. The minimum Gasteiger partial charge on any atom is -0.330 e. The van der Waals surface area contributed by atoms with E-state index in [-0.39, 0.29) is 5.69 Å². The summed E-state index contributed by atoms with van der Waals surface area (Å²) in [6.45, 7) is 2.65. The van der Waals surface area contributed by atoms with Gasteiger partial charge in [-0.05, 0) is 50.6 Å². The number of nitrogens with two attached hydrogens (primary N) is 1. The fourth-order valence-corrected chi connectivity index (χ4v) is 2.54. The Morgan fingerprint density at radius 3 is 3.13 bits per heavy atom. The van der Waals surface area contributed by atoms with Gasteiger partial charge in [-0.25, -0.2) is 4.79 Å². The summed E-state index contributed by atoms with van der Waals surface area (Å²) in [6.07, 6.45) is 4.20. The van der Waals surface area contributed by atoms with E-state index in [2.05, 4.69) is 9.97 Å². The Morgan fingerprint density at radius 1 is 1.60 bits per heavy atom. The first kappa shape index (κ1) is 10.4. The number of aromatic amines is 1. The average Bonchev–Trinajstić information content (AvgIpc) is 2.17. The molecule has 0 saturated carbocycles. The standard InChI is InChI=1S/C11H17N3O/c1-7-10-8(5-6-12)3-2-4-9(10)14-11(15)13-7/h8H,2-6,12H2,1H3,(H,13,14,15). The highest BCUT2D eigenvalue weighted by atomic mass is 16.1. The maximum atomic E-state index is 11.2. The van der Waals surface area contributed by atoms with Crippen molar-refractivity contribution in [2.75, 3.05) is 6.54 Å². The van der Waals surface area contributed by atoms with Crippen molar-refractivity contribution in [3.05, 3.63) is 27.4 Å². The fourth-order valence-electron chi connectivity index (χ4n) is 2.54. The first-order chi connectivity index (χ1) is 7.22. The van der Waals surface area contributed by atoms with Gasteiger partial charge in [0.1, 0.15) is 0 Å². The maximum Gasteiger partial charge on any atom is 0.345 e. The number of fused-ring (bicyclic) bond motifs is 1. The molecule has 2 rings (SSSR count). The summed E-state index contributed by atoms with van der Waals surface area (Å²) in [6, 6.07) is 0. The van der Waals surface area contributed by atoms with Crippen molar-refractivity contribution in [1.82, 2.24) is 9.97 Å². The first-order valence-corrected chi connectivity index (χ1v) is 5.52. The minimum absolute atomic E-state index is 0.223. The molecule has 15 heavy (non-hydrogen) atoms. The molecule has 1 heterocycles. The normalized spacial score (nSPS) is 20.0. The van der Waals surface area contributed by atoms with Gasteiger partial charge in [0.25, 0.3) is 0 Å². The summed E-state index contributed by atoms with van der Waals surface area (Å²) in [4.78, 5) is 18.1. The number of nitrogens with zero attached hydrogens (tertiary/aromatic N) is 1. The zero-order chi connectivity index (χ0) is 10.8. The van der Waals surface area contributed by atoms with Crippen LogP contribution in [0, 0.1) is 6.92 Å². The van der Waals surface area contributed by atoms with Crippen molar-refractivity contribution in [2.45, 2.75) is 38.5 Å². The summed E-state index contributed by atoms with van der Waals surface area (Å²) in [5, 5.41) is 0. The minimum atomic E-state index is -0.223. The zero-order valence-corrected chi connectivity index (χ0v) is 9.05. The van der Waals surface area contributed by atoms with E-state index in [1.165, 1.54) is 12.0 Å². The molecule has 1 aromatic heterocycles. The highest BCUT2D eigenvalue weighted by molar-refractivity contribution is 5.30. The predicted octanol–water partition coefficient (Wildman–Crippen LogP) is 0.847. The van der Waals surface area contributed by atoms with Crippen LogP contribution in [0.4, 0.5) is 0 Å². The number of H-pyrrole nitrogens is 1. The largest absolute Gasteiger partial charge is 0.345 e. The summed E-state index contributed by atoms with van der Waals surface area (Å²) < 4.78 is 0. The molecule has 0 aliphatic heterocycles. The number of hydrogen-bond acceptors (Lipinski definition) is 3. The van der Waals surface area contributed by atoms with Crippen LogP contribution in [-0.4, -0.2) is 16.5 Å². The molecule has 0 fully saturated rings. The molecule has 3 N–H and O–H groups in total. The maximum absolute atomic E-state index is 11.2. The molecule has 0 bridgehead atoms. The molecule has 1 unspecified atom stereocenters. The van der Waals surface area contributed by atoms with Gasteiger partial charge in [0, 0.05) is 5.69 Å². The van der Waals surface area contributed by atoms with Gasteiger partial charge < -0.3 is 10.7 Å². The Balaban J connectivity index is 2.46. The van der Waals surface area contributed by atoms with Crippen LogP contribution in [0.5, 0.6) is 0 Å². The SMILES string of the molecule is Cc1[nH]c(=O)nc2c1C(CCN)CCC2. The lowest BCUT2D eigenvalue weighted by Crippen LogP contribution is -2.23. The number of rotatable bonds is 2. The fraction of sp³-hybridized carbons (Fsp3) is 0.636. The second kappa shape index (κ2) is 4.14. The van der Waals surface area contributed by atoms with E-state index < -0.39 is 0 Å². The lowest BCUT2D eigenvalue weighted by atomic mass is 9.83. The van der Waals surface area contributed by atoms with Crippen molar-refractivity contribution in [3.8, 4) is 0 Å². The van der Waals surface area contributed by atoms with Crippen LogP contribution in [0.3, 0.4) is 0 Å². The number of aromatic nitrogens is 2. The van der Waals surface area contributed by atoms with E-state index in [9.17, 15) is 4.79 Å². The van der Waals surface area contributed by atoms with Crippen molar-refractivity contribution in [3.63, 3.8) is 0 Å². The quantitative estimate of drug-likeness (QED) is 0.755. The summed E-state index contributed by atoms with van der Waals surface area (Å²) in [5.74, 6) is 0.489. The molecule has 0 saturated heterocycles.